The summed E-state index contributed by atoms with van der Waals surface area (Å²) in [5.41, 5.74) is -0.00848. The average molecular weight is 416 g/mol. The van der Waals surface area contributed by atoms with Crippen LogP contribution in [0.2, 0.25) is 5.15 Å². The van der Waals surface area contributed by atoms with Crippen LogP contribution in [0.3, 0.4) is 0 Å². The molecule has 27 heavy (non-hydrogen) atoms. The first-order chi connectivity index (χ1) is 12.5. The van der Waals surface area contributed by atoms with E-state index >= 15 is 0 Å². The van der Waals surface area contributed by atoms with Gasteiger partial charge in [0.2, 0.25) is 0 Å². The minimum atomic E-state index is -5.61. The number of anilines is 1. The fourth-order valence-corrected chi connectivity index (χ4v) is 2.95. The van der Waals surface area contributed by atoms with E-state index in [1.807, 2.05) is 0 Å². The Hall–Kier alpha value is -1.71. The molecule has 1 fully saturated rings. The summed E-state index contributed by atoms with van der Waals surface area (Å²) >= 11 is 6.01. The third-order valence-corrected chi connectivity index (χ3v) is 4.55. The number of rotatable bonds is 6. The molecular weight excluding hydrogens is 397 g/mol. The van der Waals surface area contributed by atoms with Crippen LogP contribution in [0.5, 0.6) is 0 Å². The lowest BCUT2D eigenvalue weighted by Gasteiger charge is -2.32. The van der Waals surface area contributed by atoms with E-state index in [1.54, 1.807) is 11.8 Å². The first-order valence-corrected chi connectivity index (χ1v) is 8.80. The number of esters is 1. The summed E-state index contributed by atoms with van der Waals surface area (Å²) in [7, 11) is 0. The molecule has 1 aliphatic heterocycles. The van der Waals surface area contributed by atoms with Crippen LogP contribution in [0.15, 0.2) is 6.20 Å². The molecule has 0 aromatic carbocycles. The van der Waals surface area contributed by atoms with Crippen molar-refractivity contribution in [3.63, 3.8) is 0 Å². The minimum Gasteiger partial charge on any atom is -0.466 e. The lowest BCUT2D eigenvalue weighted by atomic mass is 9.97. The largest absolute Gasteiger partial charge is 0.466 e. The maximum atomic E-state index is 13.1. The zero-order chi connectivity index (χ0) is 20.2. The van der Waals surface area contributed by atoms with Gasteiger partial charge in [0.05, 0.1) is 24.4 Å². The van der Waals surface area contributed by atoms with Gasteiger partial charge in [0.25, 0.3) is 0 Å². The van der Waals surface area contributed by atoms with Crippen LogP contribution in [-0.2, 0) is 16.0 Å². The van der Waals surface area contributed by atoms with Gasteiger partial charge < -0.3 is 9.64 Å². The summed E-state index contributed by atoms with van der Waals surface area (Å²) < 4.78 is 68.0. The maximum absolute atomic E-state index is 13.1. The average Bonchev–Trinajstić information content (AvgIpc) is 2.60. The second-order valence-corrected chi connectivity index (χ2v) is 6.55. The molecule has 0 atom stereocenters. The van der Waals surface area contributed by atoms with E-state index in [4.69, 9.17) is 16.3 Å². The first-order valence-electron chi connectivity index (χ1n) is 8.42. The third kappa shape index (κ3) is 5.40. The highest BCUT2D eigenvalue weighted by Gasteiger charge is 2.56. The van der Waals surface area contributed by atoms with Gasteiger partial charge in [0.15, 0.2) is 11.0 Å². The van der Waals surface area contributed by atoms with Crippen molar-refractivity contribution in [3.8, 4) is 0 Å². The molecule has 2 heterocycles. The van der Waals surface area contributed by atoms with Gasteiger partial charge in [0.1, 0.15) is 0 Å². The quantitative estimate of drug-likeness (QED) is 0.518. The van der Waals surface area contributed by atoms with Crippen LogP contribution in [0.4, 0.5) is 27.8 Å². The number of aromatic nitrogens is 2. The van der Waals surface area contributed by atoms with Gasteiger partial charge in [0, 0.05) is 19.5 Å². The molecule has 0 radical (unpaired) electrons. The second kappa shape index (κ2) is 8.53. The van der Waals surface area contributed by atoms with Crippen molar-refractivity contribution in [2.24, 2.45) is 5.92 Å². The van der Waals surface area contributed by atoms with Crippen molar-refractivity contribution in [3.05, 3.63) is 17.0 Å². The Kier molecular flexibility index (Phi) is 6.82. The monoisotopic (exact) mass is 415 g/mol. The molecule has 2 rings (SSSR count). The number of hydrogen-bond donors (Lipinski definition) is 0. The fraction of sp³-hybridized carbons (Fsp3) is 0.688. The van der Waals surface area contributed by atoms with E-state index in [9.17, 15) is 26.7 Å². The van der Waals surface area contributed by atoms with Crippen LogP contribution in [-0.4, -0.2) is 47.7 Å². The number of hydrogen-bond acceptors (Lipinski definition) is 5. The highest BCUT2D eigenvalue weighted by atomic mass is 35.5. The summed E-state index contributed by atoms with van der Waals surface area (Å²) in [4.78, 5) is 21.4. The van der Waals surface area contributed by atoms with Crippen molar-refractivity contribution in [1.82, 2.24) is 9.97 Å². The predicted molar refractivity (Wildman–Crippen MR) is 87.9 cm³/mol. The standard InChI is InChI=1S/C16H19ClF5N3O2/c1-2-27-14(26)10-4-7-25(8-5-10)13-12(17)23-9-11(24-13)3-6-15(18,19)16(20,21)22/h9-10H,2-8H2,1H3. The number of aryl methyl sites for hydroxylation is 1. The number of carbonyl (C=O) groups is 1. The van der Waals surface area contributed by atoms with Crippen LogP contribution >= 0.6 is 11.6 Å². The number of ether oxygens (including phenoxy) is 1. The normalized spacial score (nSPS) is 16.5. The van der Waals surface area contributed by atoms with Gasteiger partial charge in [-0.3, -0.25) is 4.79 Å². The molecule has 1 aromatic rings. The van der Waals surface area contributed by atoms with Crippen molar-refractivity contribution >= 4 is 23.4 Å². The van der Waals surface area contributed by atoms with Crippen LogP contribution in [0, 0.1) is 5.92 Å². The fourth-order valence-electron chi connectivity index (χ4n) is 2.74. The lowest BCUT2D eigenvalue weighted by molar-refractivity contribution is -0.284. The Bertz CT molecular complexity index is 664. The van der Waals surface area contributed by atoms with E-state index in [0.717, 1.165) is 6.20 Å². The molecule has 0 saturated carbocycles. The van der Waals surface area contributed by atoms with E-state index in [0.29, 0.717) is 32.5 Å². The predicted octanol–water partition coefficient (Wildman–Crippen LogP) is 4.04. The molecule has 0 aliphatic carbocycles. The SMILES string of the molecule is CCOC(=O)C1CCN(c2nc(CCC(F)(F)C(F)(F)F)cnc2Cl)CC1. The van der Waals surface area contributed by atoms with Gasteiger partial charge in [-0.25, -0.2) is 9.97 Å². The van der Waals surface area contributed by atoms with Crippen molar-refractivity contribution in [1.29, 1.82) is 0 Å². The number of nitrogens with zero attached hydrogens (tertiary/aromatic N) is 3. The maximum Gasteiger partial charge on any atom is 0.453 e. The summed E-state index contributed by atoms with van der Waals surface area (Å²) in [6.45, 7) is 2.84. The van der Waals surface area contributed by atoms with E-state index < -0.39 is 24.9 Å². The molecule has 1 aliphatic rings. The molecule has 5 nitrogen and oxygen atoms in total. The molecule has 0 amide bonds. The highest BCUT2D eigenvalue weighted by Crippen LogP contribution is 2.39. The minimum absolute atomic E-state index is 0.00848. The third-order valence-electron chi connectivity index (χ3n) is 4.29. The lowest BCUT2D eigenvalue weighted by Crippen LogP contribution is -2.38. The van der Waals surface area contributed by atoms with Crippen molar-refractivity contribution in [2.75, 3.05) is 24.6 Å². The van der Waals surface area contributed by atoms with Gasteiger partial charge in [-0.05, 0) is 26.2 Å². The molecule has 0 bridgehead atoms. The zero-order valence-corrected chi connectivity index (χ0v) is 15.3. The molecule has 0 N–H and O–H groups in total. The molecule has 0 spiro atoms. The van der Waals surface area contributed by atoms with Crippen molar-refractivity contribution < 1.29 is 31.5 Å². The van der Waals surface area contributed by atoms with Crippen molar-refractivity contribution in [2.45, 2.75) is 44.7 Å². The topological polar surface area (TPSA) is 55.3 Å². The summed E-state index contributed by atoms with van der Waals surface area (Å²) in [5, 5.41) is 0.0240. The number of piperidine rings is 1. The van der Waals surface area contributed by atoms with Gasteiger partial charge in [-0.15, -0.1) is 0 Å². The molecule has 152 valence electrons. The van der Waals surface area contributed by atoms with Crippen LogP contribution in [0.25, 0.3) is 0 Å². The number of alkyl halides is 5. The number of carbonyl (C=O) groups excluding carboxylic acids is 1. The molecule has 0 unspecified atom stereocenters. The van der Waals surface area contributed by atoms with Crippen LogP contribution in [0.1, 0.15) is 31.9 Å². The van der Waals surface area contributed by atoms with E-state index in [1.165, 1.54) is 0 Å². The molecule has 11 heteroatoms. The molecule has 1 aromatic heterocycles. The molecular formula is C16H19ClF5N3O2. The Morgan fingerprint density at radius 3 is 2.48 bits per heavy atom. The summed E-state index contributed by atoms with van der Waals surface area (Å²) in [6.07, 6.45) is -5.55. The van der Waals surface area contributed by atoms with Gasteiger partial charge in [-0.2, -0.15) is 22.0 Å². The Morgan fingerprint density at radius 1 is 1.30 bits per heavy atom. The smallest absolute Gasteiger partial charge is 0.453 e. The summed E-state index contributed by atoms with van der Waals surface area (Å²) in [6, 6.07) is 0. The second-order valence-electron chi connectivity index (χ2n) is 6.19. The van der Waals surface area contributed by atoms with E-state index in [-0.39, 0.29) is 28.6 Å². The first kappa shape index (κ1) is 21.6. The molecule has 1 saturated heterocycles. The Morgan fingerprint density at radius 2 is 1.93 bits per heavy atom. The zero-order valence-electron chi connectivity index (χ0n) is 14.5. The number of halogens is 6. The van der Waals surface area contributed by atoms with Gasteiger partial charge >= 0.3 is 18.1 Å². The Labute approximate surface area is 157 Å². The summed E-state index contributed by atoms with van der Waals surface area (Å²) in [5.74, 6) is -5.11. The van der Waals surface area contributed by atoms with E-state index in [2.05, 4.69) is 9.97 Å². The highest BCUT2D eigenvalue weighted by molar-refractivity contribution is 6.31. The Balaban J connectivity index is 2.03. The van der Waals surface area contributed by atoms with Crippen LogP contribution < -0.4 is 4.90 Å². The van der Waals surface area contributed by atoms with Gasteiger partial charge in [-0.1, -0.05) is 11.6 Å².